The molecule has 2 aromatic rings. The zero-order chi connectivity index (χ0) is 17.3. The zero-order valence-electron chi connectivity index (χ0n) is 13.5. The summed E-state index contributed by atoms with van der Waals surface area (Å²) in [5.74, 6) is -0.921. The molecule has 0 fully saturated rings. The maximum atomic E-state index is 11.8. The molecular weight excluding hydrogens is 390 g/mol. The highest BCUT2D eigenvalue weighted by atomic mass is 79.9. The van der Waals surface area contributed by atoms with E-state index in [1.165, 1.54) is 11.3 Å². The monoisotopic (exact) mass is 407 g/mol. The van der Waals surface area contributed by atoms with E-state index in [1.54, 1.807) is 6.21 Å². The normalized spacial score (nSPS) is 20.3. The fourth-order valence-corrected chi connectivity index (χ4v) is 4.02. The number of halogens is 1. The summed E-state index contributed by atoms with van der Waals surface area (Å²) in [5.41, 5.74) is 1.83. The highest BCUT2D eigenvalue weighted by Gasteiger charge is 2.35. The van der Waals surface area contributed by atoms with Crippen molar-refractivity contribution in [1.82, 2.24) is 0 Å². The smallest absolute Gasteiger partial charge is 0.339 e. The van der Waals surface area contributed by atoms with Gasteiger partial charge in [-0.25, -0.2) is 9.79 Å². The number of fused-ring (bicyclic) bond motifs is 1. The molecule has 126 valence electrons. The van der Waals surface area contributed by atoms with Gasteiger partial charge in [0, 0.05) is 22.0 Å². The number of ether oxygens (including phenoxy) is 1. The van der Waals surface area contributed by atoms with Gasteiger partial charge in [0.15, 0.2) is 0 Å². The number of carboxylic acid groups (broad SMARTS) is 1. The lowest BCUT2D eigenvalue weighted by molar-refractivity contribution is -0.0547. The Kier molecular flexibility index (Phi) is 4.90. The van der Waals surface area contributed by atoms with Crippen molar-refractivity contribution in [3.05, 3.63) is 50.3 Å². The maximum Gasteiger partial charge on any atom is 0.339 e. The van der Waals surface area contributed by atoms with Crippen molar-refractivity contribution in [2.24, 2.45) is 4.99 Å². The lowest BCUT2D eigenvalue weighted by atomic mass is 9.89. The summed E-state index contributed by atoms with van der Waals surface area (Å²) in [4.78, 5) is 17.2. The average molecular weight is 408 g/mol. The second-order valence-electron chi connectivity index (χ2n) is 6.07. The molecule has 1 aromatic carbocycles. The van der Waals surface area contributed by atoms with Crippen molar-refractivity contribution in [2.75, 3.05) is 0 Å². The molecule has 0 amide bonds. The van der Waals surface area contributed by atoms with Crippen LogP contribution < -0.4 is 0 Å². The van der Waals surface area contributed by atoms with Crippen molar-refractivity contribution < 1.29 is 14.6 Å². The highest BCUT2D eigenvalue weighted by Crippen LogP contribution is 2.42. The van der Waals surface area contributed by atoms with Gasteiger partial charge in [-0.2, -0.15) is 0 Å². The summed E-state index contributed by atoms with van der Waals surface area (Å²) >= 11 is 4.80. The summed E-state index contributed by atoms with van der Waals surface area (Å²) in [7, 11) is 0. The topological polar surface area (TPSA) is 58.9 Å². The number of rotatable bonds is 4. The Balaban J connectivity index is 1.97. The third-order valence-electron chi connectivity index (χ3n) is 4.34. The molecule has 1 atom stereocenters. The second kappa shape index (κ2) is 6.78. The molecule has 6 heteroatoms. The average Bonchev–Trinajstić information content (AvgIpc) is 2.91. The molecule has 0 saturated carbocycles. The molecule has 0 aliphatic carbocycles. The van der Waals surface area contributed by atoms with Gasteiger partial charge in [0.2, 0.25) is 0 Å². The molecule has 0 saturated heterocycles. The van der Waals surface area contributed by atoms with E-state index in [9.17, 15) is 9.90 Å². The first-order valence-electron chi connectivity index (χ1n) is 7.73. The van der Waals surface area contributed by atoms with E-state index in [1.807, 2.05) is 31.2 Å². The molecular formula is C18H18BrNO3S. The largest absolute Gasteiger partial charge is 0.478 e. The quantitative estimate of drug-likeness (QED) is 0.708. The first-order chi connectivity index (χ1) is 11.4. The fraction of sp³-hybridized carbons (Fsp3) is 0.333. The summed E-state index contributed by atoms with van der Waals surface area (Å²) in [6, 6.07) is 7.72. The van der Waals surface area contributed by atoms with Gasteiger partial charge in [-0.05, 0) is 36.6 Å². The Morgan fingerprint density at radius 2 is 2.17 bits per heavy atom. The second-order valence-corrected chi connectivity index (χ2v) is 8.07. The zero-order valence-corrected chi connectivity index (χ0v) is 15.9. The van der Waals surface area contributed by atoms with Crippen LogP contribution in [-0.2, 0) is 17.8 Å². The molecule has 0 radical (unpaired) electrons. The minimum absolute atomic E-state index is 0.301. The Labute approximate surface area is 153 Å². The third kappa shape index (κ3) is 3.45. The molecule has 1 N–H and O–H groups in total. The lowest BCUT2D eigenvalue weighted by Gasteiger charge is -2.33. The number of nitrogens with zero attached hydrogens (tertiary/aromatic N) is 1. The minimum atomic E-state index is -0.921. The number of aromatic carboxylic acids is 1. The molecule has 2 heterocycles. The molecule has 0 spiro atoms. The van der Waals surface area contributed by atoms with Gasteiger partial charge in [-0.1, -0.05) is 35.0 Å². The van der Waals surface area contributed by atoms with Gasteiger partial charge >= 0.3 is 5.97 Å². The number of carboxylic acids is 1. The van der Waals surface area contributed by atoms with Gasteiger partial charge in [0.1, 0.15) is 5.00 Å². The van der Waals surface area contributed by atoms with Crippen LogP contribution in [0.3, 0.4) is 0 Å². The molecule has 1 aliphatic heterocycles. The molecule has 0 bridgehead atoms. The van der Waals surface area contributed by atoms with Crippen molar-refractivity contribution in [1.29, 1.82) is 0 Å². The van der Waals surface area contributed by atoms with Crippen LogP contribution in [-0.4, -0.2) is 22.9 Å². The Morgan fingerprint density at radius 1 is 1.46 bits per heavy atom. The van der Waals surface area contributed by atoms with Gasteiger partial charge in [0.05, 0.1) is 17.8 Å². The predicted octanol–water partition coefficient (Wildman–Crippen LogP) is 5.20. The molecule has 1 aliphatic rings. The first-order valence-corrected chi connectivity index (χ1v) is 9.34. The van der Waals surface area contributed by atoms with E-state index in [2.05, 4.69) is 27.8 Å². The van der Waals surface area contributed by atoms with E-state index in [4.69, 9.17) is 4.74 Å². The van der Waals surface area contributed by atoms with Crippen LogP contribution in [0, 0.1) is 0 Å². The van der Waals surface area contributed by atoms with Crippen molar-refractivity contribution in [2.45, 2.75) is 38.9 Å². The Bertz CT molecular complexity index is 797. The molecule has 1 unspecified atom stereocenters. The molecule has 3 rings (SSSR count). The van der Waals surface area contributed by atoms with Crippen LogP contribution >= 0.6 is 27.3 Å². The van der Waals surface area contributed by atoms with Crippen molar-refractivity contribution in [3.8, 4) is 0 Å². The maximum absolute atomic E-state index is 11.8. The number of thiophene rings is 1. The summed E-state index contributed by atoms with van der Waals surface area (Å²) < 4.78 is 6.92. The van der Waals surface area contributed by atoms with E-state index < -0.39 is 5.97 Å². The SMILES string of the molecule is CCC1(C)Cc2c(sc(/N=C/c3ccc(Br)cc3)c2C(=O)O)CO1. The van der Waals surface area contributed by atoms with E-state index in [0.29, 0.717) is 23.6 Å². The van der Waals surface area contributed by atoms with Crippen molar-refractivity contribution >= 4 is 44.5 Å². The third-order valence-corrected chi connectivity index (χ3v) is 5.98. The molecule has 4 nitrogen and oxygen atoms in total. The molecule has 1 aromatic heterocycles. The number of carbonyl (C=O) groups is 1. The predicted molar refractivity (Wildman–Crippen MR) is 99.9 cm³/mol. The number of hydrogen-bond acceptors (Lipinski definition) is 4. The number of benzene rings is 1. The van der Waals surface area contributed by atoms with E-state index >= 15 is 0 Å². The standard InChI is InChI=1S/C18H18BrNO3S/c1-3-18(2)8-13-14(10-23-18)24-16(15(13)17(21)22)20-9-11-4-6-12(19)7-5-11/h4-7,9H,3,8,10H2,1-2H3,(H,21,22)/b20-9+. The first kappa shape index (κ1) is 17.3. The van der Waals surface area contributed by atoms with Crippen LogP contribution in [0.25, 0.3) is 0 Å². The summed E-state index contributed by atoms with van der Waals surface area (Å²) in [6.07, 6.45) is 3.17. The van der Waals surface area contributed by atoms with Gasteiger partial charge in [0.25, 0.3) is 0 Å². The molecule has 24 heavy (non-hydrogen) atoms. The Hall–Kier alpha value is -1.50. The fourth-order valence-electron chi connectivity index (χ4n) is 2.69. The van der Waals surface area contributed by atoms with Crippen LogP contribution in [0.15, 0.2) is 33.7 Å². The summed E-state index contributed by atoms with van der Waals surface area (Å²) in [5, 5.41) is 10.2. The van der Waals surface area contributed by atoms with E-state index in [-0.39, 0.29) is 5.60 Å². The number of aliphatic imine (C=N–C) groups is 1. The van der Waals surface area contributed by atoms with Crippen LogP contribution in [0.1, 0.15) is 46.6 Å². The van der Waals surface area contributed by atoms with Crippen LogP contribution in [0.2, 0.25) is 0 Å². The van der Waals surface area contributed by atoms with Gasteiger partial charge in [-0.3, -0.25) is 0 Å². The lowest BCUT2D eigenvalue weighted by Crippen LogP contribution is -2.34. The Morgan fingerprint density at radius 3 is 2.79 bits per heavy atom. The van der Waals surface area contributed by atoms with Crippen molar-refractivity contribution in [3.63, 3.8) is 0 Å². The highest BCUT2D eigenvalue weighted by molar-refractivity contribution is 9.10. The van der Waals surface area contributed by atoms with Gasteiger partial charge in [-0.15, -0.1) is 11.3 Å². The van der Waals surface area contributed by atoms with Crippen LogP contribution in [0.4, 0.5) is 5.00 Å². The minimum Gasteiger partial charge on any atom is -0.478 e. The number of hydrogen-bond donors (Lipinski definition) is 1. The van der Waals surface area contributed by atoms with E-state index in [0.717, 1.165) is 26.9 Å². The summed E-state index contributed by atoms with van der Waals surface area (Å²) in [6.45, 7) is 4.55. The van der Waals surface area contributed by atoms with Gasteiger partial charge < -0.3 is 9.84 Å². The van der Waals surface area contributed by atoms with Crippen LogP contribution in [0.5, 0.6) is 0 Å².